The highest BCUT2D eigenvalue weighted by molar-refractivity contribution is 6.33. The van der Waals surface area contributed by atoms with Gasteiger partial charge in [-0.1, -0.05) is 11.6 Å². The number of rotatable bonds is 4. The van der Waals surface area contributed by atoms with E-state index in [1.54, 1.807) is 0 Å². The summed E-state index contributed by atoms with van der Waals surface area (Å²) in [4.78, 5) is 17.6. The van der Waals surface area contributed by atoms with Gasteiger partial charge in [0.05, 0.1) is 15.6 Å². The molecule has 0 spiro atoms. The Kier molecular flexibility index (Phi) is 3.91. The van der Waals surface area contributed by atoms with E-state index in [4.69, 9.17) is 17.4 Å². The number of nitrogen functional groups attached to an aromatic ring is 1. The molecule has 0 atom stereocenters. The van der Waals surface area contributed by atoms with E-state index in [0.29, 0.717) is 0 Å². The summed E-state index contributed by atoms with van der Waals surface area (Å²) < 4.78 is 13.2. The highest BCUT2D eigenvalue weighted by Crippen LogP contribution is 2.30. The standard InChI is InChI=1S/C10H8ClFN6O2/c11-6-2-1-5(12)3-7(6)15-9-8(18(19)20)4-14-10(16-9)17-13/h1-4H,13H2,(H2,14,15,16,17). The predicted molar refractivity (Wildman–Crippen MR) is 71.2 cm³/mol. The summed E-state index contributed by atoms with van der Waals surface area (Å²) in [6.07, 6.45) is 0.970. The second-order valence-electron chi connectivity index (χ2n) is 3.58. The van der Waals surface area contributed by atoms with Crippen LogP contribution < -0.4 is 16.6 Å². The van der Waals surface area contributed by atoms with Crippen LogP contribution in [0.3, 0.4) is 0 Å². The highest BCUT2D eigenvalue weighted by atomic mass is 35.5. The first-order valence-corrected chi connectivity index (χ1v) is 5.59. The zero-order valence-corrected chi connectivity index (χ0v) is 10.6. The van der Waals surface area contributed by atoms with Crippen molar-refractivity contribution in [1.29, 1.82) is 0 Å². The van der Waals surface area contributed by atoms with Gasteiger partial charge in [-0.3, -0.25) is 15.5 Å². The maximum atomic E-state index is 13.2. The van der Waals surface area contributed by atoms with Crippen molar-refractivity contribution in [2.75, 3.05) is 10.7 Å². The lowest BCUT2D eigenvalue weighted by atomic mass is 10.3. The molecule has 0 aliphatic rings. The number of anilines is 3. The van der Waals surface area contributed by atoms with E-state index in [0.717, 1.165) is 18.3 Å². The topological polar surface area (TPSA) is 119 Å². The van der Waals surface area contributed by atoms with E-state index in [2.05, 4.69) is 20.7 Å². The number of nitrogens with zero attached hydrogens (tertiary/aromatic N) is 3. The highest BCUT2D eigenvalue weighted by Gasteiger charge is 2.18. The lowest BCUT2D eigenvalue weighted by molar-refractivity contribution is -0.384. The Morgan fingerprint density at radius 2 is 2.20 bits per heavy atom. The van der Waals surface area contributed by atoms with Gasteiger partial charge in [0.15, 0.2) is 0 Å². The van der Waals surface area contributed by atoms with Crippen molar-refractivity contribution >= 4 is 34.7 Å². The van der Waals surface area contributed by atoms with Crippen molar-refractivity contribution in [2.24, 2.45) is 5.84 Å². The van der Waals surface area contributed by atoms with Crippen LogP contribution in [0.5, 0.6) is 0 Å². The minimum absolute atomic E-state index is 0.0365. The van der Waals surface area contributed by atoms with Crippen molar-refractivity contribution < 1.29 is 9.31 Å². The van der Waals surface area contributed by atoms with Crippen LogP contribution in [0.4, 0.5) is 27.5 Å². The molecule has 104 valence electrons. The van der Waals surface area contributed by atoms with E-state index in [1.807, 2.05) is 0 Å². The molecule has 1 heterocycles. The summed E-state index contributed by atoms with van der Waals surface area (Å²) in [6, 6.07) is 3.56. The van der Waals surface area contributed by atoms with Crippen LogP contribution in [0.1, 0.15) is 0 Å². The molecule has 0 aliphatic heterocycles. The molecule has 4 N–H and O–H groups in total. The molecule has 0 aliphatic carbocycles. The Morgan fingerprint density at radius 3 is 2.85 bits per heavy atom. The number of nitrogens with one attached hydrogen (secondary N) is 2. The molecule has 8 nitrogen and oxygen atoms in total. The molecule has 10 heteroatoms. The fourth-order valence-corrected chi connectivity index (χ4v) is 1.56. The largest absolute Gasteiger partial charge is 0.333 e. The van der Waals surface area contributed by atoms with Gasteiger partial charge in [0.25, 0.3) is 0 Å². The Hall–Kier alpha value is -2.52. The summed E-state index contributed by atoms with van der Waals surface area (Å²) in [6.45, 7) is 0. The fraction of sp³-hybridized carbons (Fsp3) is 0. The molecule has 1 aromatic carbocycles. The summed E-state index contributed by atoms with van der Waals surface area (Å²) in [5, 5.41) is 13.6. The molecular weight excluding hydrogens is 291 g/mol. The van der Waals surface area contributed by atoms with Crippen molar-refractivity contribution in [2.45, 2.75) is 0 Å². The van der Waals surface area contributed by atoms with Crippen molar-refractivity contribution in [3.05, 3.63) is 45.4 Å². The third kappa shape index (κ3) is 2.90. The van der Waals surface area contributed by atoms with Gasteiger partial charge in [-0.25, -0.2) is 15.2 Å². The molecule has 0 radical (unpaired) electrons. The van der Waals surface area contributed by atoms with E-state index < -0.39 is 16.4 Å². The number of halogens is 2. The van der Waals surface area contributed by atoms with Crippen molar-refractivity contribution in [3.63, 3.8) is 0 Å². The smallest absolute Gasteiger partial charge is 0.329 e. The maximum Gasteiger partial charge on any atom is 0.329 e. The quantitative estimate of drug-likeness (QED) is 0.449. The molecule has 20 heavy (non-hydrogen) atoms. The second kappa shape index (κ2) is 5.63. The van der Waals surface area contributed by atoms with Gasteiger partial charge < -0.3 is 5.32 Å². The Bertz CT molecular complexity index is 668. The number of hydrogen-bond donors (Lipinski definition) is 3. The lowest BCUT2D eigenvalue weighted by Gasteiger charge is -2.09. The Balaban J connectivity index is 2.45. The van der Waals surface area contributed by atoms with Gasteiger partial charge in [0, 0.05) is 0 Å². The molecule has 2 aromatic rings. The van der Waals surface area contributed by atoms with Crippen LogP contribution >= 0.6 is 11.6 Å². The number of nitrogens with two attached hydrogens (primary N) is 1. The average molecular weight is 299 g/mol. The summed E-state index contributed by atoms with van der Waals surface area (Å²) in [7, 11) is 0. The van der Waals surface area contributed by atoms with E-state index in [1.165, 1.54) is 6.07 Å². The van der Waals surface area contributed by atoms with Crippen LogP contribution in [0.2, 0.25) is 5.02 Å². The molecule has 0 saturated carbocycles. The molecule has 2 rings (SSSR count). The molecule has 0 saturated heterocycles. The number of nitro groups is 1. The molecule has 1 aromatic heterocycles. The van der Waals surface area contributed by atoms with Gasteiger partial charge in [-0.2, -0.15) is 4.98 Å². The Morgan fingerprint density at radius 1 is 1.45 bits per heavy atom. The summed E-state index contributed by atoms with van der Waals surface area (Å²) >= 11 is 5.87. The molecule has 0 amide bonds. The SMILES string of the molecule is NNc1ncc([N+](=O)[O-])c(Nc2cc(F)ccc2Cl)n1. The molecule has 0 fully saturated rings. The van der Waals surface area contributed by atoms with Gasteiger partial charge in [-0.15, -0.1) is 0 Å². The van der Waals surface area contributed by atoms with Crippen molar-refractivity contribution in [3.8, 4) is 0 Å². The average Bonchev–Trinajstić information content (AvgIpc) is 2.42. The molecule has 0 unspecified atom stereocenters. The van der Waals surface area contributed by atoms with Crippen LogP contribution in [0.15, 0.2) is 24.4 Å². The van der Waals surface area contributed by atoms with Crippen LogP contribution in [-0.2, 0) is 0 Å². The Labute approximate surface area is 116 Å². The fourth-order valence-electron chi connectivity index (χ4n) is 1.39. The number of hydrogen-bond acceptors (Lipinski definition) is 7. The zero-order valence-electron chi connectivity index (χ0n) is 9.80. The summed E-state index contributed by atoms with van der Waals surface area (Å²) in [5.74, 6) is 4.39. The van der Waals surface area contributed by atoms with E-state index in [-0.39, 0.29) is 22.5 Å². The number of benzene rings is 1. The number of aromatic nitrogens is 2. The monoisotopic (exact) mass is 298 g/mol. The van der Waals surface area contributed by atoms with E-state index in [9.17, 15) is 14.5 Å². The van der Waals surface area contributed by atoms with Crippen LogP contribution in [-0.4, -0.2) is 14.9 Å². The molecule has 0 bridgehead atoms. The van der Waals surface area contributed by atoms with Crippen molar-refractivity contribution in [1.82, 2.24) is 9.97 Å². The third-order valence-electron chi connectivity index (χ3n) is 2.28. The van der Waals surface area contributed by atoms with Gasteiger partial charge in [0.2, 0.25) is 11.8 Å². The minimum atomic E-state index is -0.685. The number of hydrazine groups is 1. The first kappa shape index (κ1) is 13.9. The summed E-state index contributed by atoms with van der Waals surface area (Å²) in [5.41, 5.74) is 1.89. The normalized spacial score (nSPS) is 10.2. The first-order valence-electron chi connectivity index (χ1n) is 5.21. The van der Waals surface area contributed by atoms with Gasteiger partial charge in [-0.05, 0) is 18.2 Å². The van der Waals surface area contributed by atoms with Gasteiger partial charge in [0.1, 0.15) is 12.0 Å². The van der Waals surface area contributed by atoms with Crippen LogP contribution in [0, 0.1) is 15.9 Å². The maximum absolute atomic E-state index is 13.2. The first-order chi connectivity index (χ1) is 9.51. The van der Waals surface area contributed by atoms with Gasteiger partial charge >= 0.3 is 5.69 Å². The van der Waals surface area contributed by atoms with Crippen LogP contribution in [0.25, 0.3) is 0 Å². The lowest BCUT2D eigenvalue weighted by Crippen LogP contribution is -2.12. The third-order valence-corrected chi connectivity index (χ3v) is 2.61. The predicted octanol–water partition coefficient (Wildman–Crippen LogP) is 2.21. The molecular formula is C10H8ClFN6O2. The second-order valence-corrected chi connectivity index (χ2v) is 3.99. The zero-order chi connectivity index (χ0) is 14.7. The van der Waals surface area contributed by atoms with E-state index >= 15 is 0 Å². The minimum Gasteiger partial charge on any atom is -0.333 e.